The van der Waals surface area contributed by atoms with Gasteiger partial charge in [0.05, 0.1) is 13.2 Å². The molecule has 5 heteroatoms. The van der Waals surface area contributed by atoms with Crippen LogP contribution in [0.25, 0.3) is 12.2 Å². The van der Waals surface area contributed by atoms with Gasteiger partial charge in [0, 0.05) is 0 Å². The monoisotopic (exact) mass is 368 g/mol. The van der Waals surface area contributed by atoms with E-state index in [-0.39, 0.29) is 0 Å². The zero-order valence-corrected chi connectivity index (χ0v) is 16.2. The van der Waals surface area contributed by atoms with Gasteiger partial charge in [0.2, 0.25) is 0 Å². The first-order chi connectivity index (χ1) is 13.1. The van der Waals surface area contributed by atoms with Crippen LogP contribution in [0.15, 0.2) is 42.5 Å². The smallest absolute Gasteiger partial charge is 0.488 e. The molecule has 0 saturated heterocycles. The molecule has 0 aliphatic carbocycles. The molecule has 0 aromatic heterocycles. The topological polar surface area (TPSA) is 58.9 Å². The van der Waals surface area contributed by atoms with Crippen LogP contribution in [0.1, 0.15) is 50.7 Å². The predicted molar refractivity (Wildman–Crippen MR) is 112 cm³/mol. The molecule has 0 unspecified atom stereocenters. The van der Waals surface area contributed by atoms with Crippen molar-refractivity contribution in [3.05, 3.63) is 53.6 Å². The maximum atomic E-state index is 9.51. The van der Waals surface area contributed by atoms with Crippen molar-refractivity contribution < 1.29 is 19.5 Å². The molecule has 27 heavy (non-hydrogen) atoms. The molecule has 144 valence electrons. The lowest BCUT2D eigenvalue weighted by molar-refractivity contribution is 0.309. The summed E-state index contributed by atoms with van der Waals surface area (Å²) in [6.45, 7) is 5.60. The van der Waals surface area contributed by atoms with Gasteiger partial charge in [-0.05, 0) is 53.7 Å². The lowest BCUT2D eigenvalue weighted by Crippen LogP contribution is -2.30. The van der Waals surface area contributed by atoms with Crippen LogP contribution in [-0.2, 0) is 0 Å². The van der Waals surface area contributed by atoms with E-state index in [9.17, 15) is 10.0 Å². The second kappa shape index (κ2) is 11.5. The second-order valence-corrected chi connectivity index (χ2v) is 6.52. The summed E-state index contributed by atoms with van der Waals surface area (Å²) in [6, 6.07) is 13.2. The normalized spacial score (nSPS) is 11.0. The minimum Gasteiger partial charge on any atom is -0.494 e. The number of benzene rings is 2. The van der Waals surface area contributed by atoms with Crippen molar-refractivity contribution in [3.63, 3.8) is 0 Å². The average molecular weight is 368 g/mol. The number of rotatable bonds is 11. The van der Waals surface area contributed by atoms with E-state index in [4.69, 9.17) is 9.47 Å². The van der Waals surface area contributed by atoms with Gasteiger partial charge in [0.25, 0.3) is 0 Å². The maximum absolute atomic E-state index is 9.51. The van der Waals surface area contributed by atoms with Crippen LogP contribution < -0.4 is 14.9 Å². The number of hydrogen-bond acceptors (Lipinski definition) is 4. The largest absolute Gasteiger partial charge is 0.494 e. The highest BCUT2D eigenvalue weighted by Crippen LogP contribution is 2.18. The lowest BCUT2D eigenvalue weighted by Gasteiger charge is -2.09. The molecule has 0 heterocycles. The van der Waals surface area contributed by atoms with Crippen LogP contribution >= 0.6 is 0 Å². The van der Waals surface area contributed by atoms with Crippen LogP contribution in [0.3, 0.4) is 0 Å². The molecule has 0 aliphatic rings. The Morgan fingerprint density at radius 2 is 1.37 bits per heavy atom. The highest BCUT2D eigenvalue weighted by atomic mass is 16.5. The molecule has 0 bridgehead atoms. The summed E-state index contributed by atoms with van der Waals surface area (Å²) in [5, 5.41) is 19.0. The Kier molecular flexibility index (Phi) is 8.95. The first kappa shape index (κ1) is 21.1. The van der Waals surface area contributed by atoms with Crippen molar-refractivity contribution >= 4 is 24.7 Å². The standard InChI is InChI=1S/C22H29BO4/c1-3-5-13-26-21-11-9-18(10-12-21)7-8-19-15-20(23(24)25)17-22(16-19)27-14-6-4-2/h7-12,15-17,24-25H,3-6,13-14H2,1-2H3/b8-7+. The van der Waals surface area contributed by atoms with Crippen molar-refractivity contribution in [1.82, 2.24) is 0 Å². The van der Waals surface area contributed by atoms with Crippen molar-refractivity contribution in [2.45, 2.75) is 39.5 Å². The summed E-state index contributed by atoms with van der Waals surface area (Å²) in [5.74, 6) is 1.52. The predicted octanol–water partition coefficient (Wildman–Crippen LogP) is 3.89. The van der Waals surface area contributed by atoms with Crippen molar-refractivity contribution in [3.8, 4) is 11.5 Å². The quantitative estimate of drug-likeness (QED) is 0.359. The summed E-state index contributed by atoms with van der Waals surface area (Å²) in [7, 11) is -1.52. The molecular formula is C22H29BO4. The van der Waals surface area contributed by atoms with E-state index in [0.717, 1.165) is 49.2 Å². The van der Waals surface area contributed by atoms with Crippen LogP contribution in [0.4, 0.5) is 0 Å². The van der Waals surface area contributed by atoms with E-state index < -0.39 is 7.12 Å². The summed E-state index contributed by atoms with van der Waals surface area (Å²) >= 11 is 0. The molecule has 0 amide bonds. The van der Waals surface area contributed by atoms with Gasteiger partial charge >= 0.3 is 7.12 Å². The Morgan fingerprint density at radius 3 is 1.96 bits per heavy atom. The van der Waals surface area contributed by atoms with Gasteiger partial charge in [-0.25, -0.2) is 0 Å². The van der Waals surface area contributed by atoms with Gasteiger partial charge in [-0.1, -0.05) is 57.0 Å². The summed E-state index contributed by atoms with van der Waals surface area (Å²) < 4.78 is 11.4. The van der Waals surface area contributed by atoms with Crippen molar-refractivity contribution in [2.24, 2.45) is 0 Å². The third kappa shape index (κ3) is 7.49. The third-order valence-corrected chi connectivity index (χ3v) is 4.13. The Balaban J connectivity index is 2.07. The Hall–Kier alpha value is -2.24. The van der Waals surface area contributed by atoms with E-state index in [1.54, 1.807) is 12.1 Å². The highest BCUT2D eigenvalue weighted by Gasteiger charge is 2.13. The van der Waals surface area contributed by atoms with E-state index in [1.165, 1.54) is 0 Å². The highest BCUT2D eigenvalue weighted by molar-refractivity contribution is 6.58. The SMILES string of the molecule is CCCCOc1ccc(/C=C/c2cc(OCCCC)cc(B(O)O)c2)cc1. The Bertz CT molecular complexity index is 711. The Labute approximate surface area is 162 Å². The molecule has 0 fully saturated rings. The summed E-state index contributed by atoms with van der Waals surface area (Å²) in [5.41, 5.74) is 2.32. The first-order valence-electron chi connectivity index (χ1n) is 9.67. The number of unbranched alkanes of at least 4 members (excludes halogenated alkanes) is 2. The van der Waals surface area contributed by atoms with Crippen LogP contribution in [0.2, 0.25) is 0 Å². The maximum Gasteiger partial charge on any atom is 0.488 e. The Morgan fingerprint density at radius 1 is 0.778 bits per heavy atom. The van der Waals surface area contributed by atoms with Gasteiger partial charge in [-0.3, -0.25) is 0 Å². The molecule has 2 rings (SSSR count). The third-order valence-electron chi connectivity index (χ3n) is 4.13. The van der Waals surface area contributed by atoms with Crippen molar-refractivity contribution in [1.29, 1.82) is 0 Å². The molecule has 0 saturated carbocycles. The van der Waals surface area contributed by atoms with Crippen LogP contribution in [0, 0.1) is 0 Å². The average Bonchev–Trinajstić information content (AvgIpc) is 2.67. The van der Waals surface area contributed by atoms with E-state index in [0.29, 0.717) is 17.8 Å². The van der Waals surface area contributed by atoms with E-state index >= 15 is 0 Å². The van der Waals surface area contributed by atoms with Crippen molar-refractivity contribution in [2.75, 3.05) is 13.2 Å². The minimum atomic E-state index is -1.52. The fourth-order valence-electron chi connectivity index (χ4n) is 2.51. The van der Waals surface area contributed by atoms with E-state index in [1.807, 2.05) is 42.5 Å². The molecule has 2 aromatic carbocycles. The first-order valence-corrected chi connectivity index (χ1v) is 9.67. The van der Waals surface area contributed by atoms with Gasteiger partial charge in [0.1, 0.15) is 11.5 Å². The molecule has 2 N–H and O–H groups in total. The molecule has 0 aliphatic heterocycles. The van der Waals surface area contributed by atoms with Gasteiger partial charge in [-0.2, -0.15) is 0 Å². The van der Waals surface area contributed by atoms with Crippen LogP contribution in [-0.4, -0.2) is 30.4 Å². The molecule has 0 atom stereocenters. The van der Waals surface area contributed by atoms with Gasteiger partial charge in [-0.15, -0.1) is 0 Å². The molecule has 0 radical (unpaired) electrons. The molecule has 4 nitrogen and oxygen atoms in total. The fourth-order valence-corrected chi connectivity index (χ4v) is 2.51. The lowest BCUT2D eigenvalue weighted by atomic mass is 9.79. The second-order valence-electron chi connectivity index (χ2n) is 6.52. The summed E-state index contributed by atoms with van der Waals surface area (Å²) in [6.07, 6.45) is 8.10. The molecule has 0 spiro atoms. The minimum absolute atomic E-state index is 0.420. The number of hydrogen-bond donors (Lipinski definition) is 2. The van der Waals surface area contributed by atoms with Gasteiger partial charge in [0.15, 0.2) is 0 Å². The zero-order valence-electron chi connectivity index (χ0n) is 16.2. The molecular weight excluding hydrogens is 339 g/mol. The van der Waals surface area contributed by atoms with Gasteiger partial charge < -0.3 is 19.5 Å². The fraction of sp³-hybridized carbons (Fsp3) is 0.364. The van der Waals surface area contributed by atoms with Crippen LogP contribution in [0.5, 0.6) is 11.5 Å². The molecule has 2 aromatic rings. The van der Waals surface area contributed by atoms with E-state index in [2.05, 4.69) is 13.8 Å². The summed E-state index contributed by atoms with van der Waals surface area (Å²) in [4.78, 5) is 0. The zero-order chi connectivity index (χ0) is 19.5. The number of ether oxygens (including phenoxy) is 2.